The van der Waals surface area contributed by atoms with Gasteiger partial charge in [0, 0.05) is 12.3 Å². The van der Waals surface area contributed by atoms with Gasteiger partial charge >= 0.3 is 0 Å². The number of halogens is 1. The minimum atomic E-state index is -0.215. The van der Waals surface area contributed by atoms with E-state index in [2.05, 4.69) is 61.6 Å². The molecule has 0 aliphatic rings. The van der Waals surface area contributed by atoms with Gasteiger partial charge in [-0.15, -0.1) is 11.6 Å². The summed E-state index contributed by atoms with van der Waals surface area (Å²) in [5.41, 5.74) is 1.26. The monoisotopic (exact) mass is 489 g/mol. The molecule has 1 N–H and O–H groups in total. The molecule has 1 rings (SSSR count). The first-order valence-electron chi connectivity index (χ1n) is 14.2. The molecule has 3 heteroatoms. The number of aryl methyl sites for hydroxylation is 1. The Hall–Kier alpha value is -1.28. The van der Waals surface area contributed by atoms with Crippen molar-refractivity contribution in [1.29, 1.82) is 0 Å². The SMILES string of the molecule is CCC(CC)(CCl)NC(=O)CCCCCCC/C=C\CCCCCCCCCc1ccccc1. The Labute approximate surface area is 216 Å². The number of amides is 1. The van der Waals surface area contributed by atoms with Crippen molar-refractivity contribution in [1.82, 2.24) is 5.32 Å². The zero-order valence-electron chi connectivity index (χ0n) is 22.3. The second-order valence-electron chi connectivity index (χ2n) is 9.95. The van der Waals surface area contributed by atoms with E-state index in [-0.39, 0.29) is 11.4 Å². The predicted molar refractivity (Wildman–Crippen MR) is 151 cm³/mol. The van der Waals surface area contributed by atoms with Gasteiger partial charge < -0.3 is 5.32 Å². The van der Waals surface area contributed by atoms with Gasteiger partial charge in [0.1, 0.15) is 0 Å². The minimum absolute atomic E-state index is 0.162. The standard InChI is InChI=1S/C31H52ClNO/c1-3-31(4-2,28-32)33-30(34)27-23-18-16-14-12-10-8-6-5-7-9-11-13-15-17-20-24-29-25-21-19-22-26-29/h6,8,19,21-22,25-26H,3-5,7,9-18,20,23-24,27-28H2,1-2H3,(H,33,34)/b8-6-. The van der Waals surface area contributed by atoms with E-state index < -0.39 is 0 Å². The molecule has 2 nitrogen and oxygen atoms in total. The van der Waals surface area contributed by atoms with E-state index in [9.17, 15) is 4.79 Å². The molecule has 0 atom stereocenters. The van der Waals surface area contributed by atoms with Gasteiger partial charge in [-0.05, 0) is 63.4 Å². The molecule has 0 heterocycles. The third-order valence-electron chi connectivity index (χ3n) is 7.13. The second-order valence-corrected chi connectivity index (χ2v) is 10.2. The number of hydrogen-bond donors (Lipinski definition) is 1. The first-order valence-corrected chi connectivity index (χ1v) is 14.7. The first-order chi connectivity index (χ1) is 16.7. The van der Waals surface area contributed by atoms with Crippen molar-refractivity contribution in [3.63, 3.8) is 0 Å². The highest BCUT2D eigenvalue weighted by molar-refractivity contribution is 6.18. The molecule has 1 amide bonds. The van der Waals surface area contributed by atoms with Crippen molar-refractivity contribution in [2.24, 2.45) is 0 Å². The van der Waals surface area contributed by atoms with Crippen molar-refractivity contribution in [3.8, 4) is 0 Å². The highest BCUT2D eigenvalue weighted by atomic mass is 35.5. The van der Waals surface area contributed by atoms with Crippen molar-refractivity contribution in [2.75, 3.05) is 5.88 Å². The van der Waals surface area contributed by atoms with Gasteiger partial charge in [-0.1, -0.05) is 108 Å². The van der Waals surface area contributed by atoms with Crippen LogP contribution in [0.1, 0.15) is 129 Å². The van der Waals surface area contributed by atoms with Gasteiger partial charge in [0.15, 0.2) is 0 Å². The van der Waals surface area contributed by atoms with Crippen LogP contribution in [0.3, 0.4) is 0 Å². The Kier molecular flexibility index (Phi) is 19.0. The van der Waals surface area contributed by atoms with Crippen LogP contribution in [0, 0.1) is 0 Å². The predicted octanol–water partition coefficient (Wildman–Crippen LogP) is 9.55. The lowest BCUT2D eigenvalue weighted by atomic mass is 9.95. The van der Waals surface area contributed by atoms with Crippen molar-refractivity contribution >= 4 is 17.5 Å². The molecule has 34 heavy (non-hydrogen) atoms. The average Bonchev–Trinajstić information content (AvgIpc) is 2.87. The molecule has 0 saturated heterocycles. The summed E-state index contributed by atoms with van der Waals surface area (Å²) in [6.45, 7) is 4.19. The van der Waals surface area contributed by atoms with Gasteiger partial charge in [-0.25, -0.2) is 0 Å². The number of benzene rings is 1. The molecule has 0 spiro atoms. The maximum atomic E-state index is 12.2. The zero-order valence-corrected chi connectivity index (χ0v) is 23.0. The molecular formula is C31H52ClNO. The minimum Gasteiger partial charge on any atom is -0.349 e. The Morgan fingerprint density at radius 2 is 1.26 bits per heavy atom. The van der Waals surface area contributed by atoms with Crippen LogP contribution in [-0.2, 0) is 11.2 Å². The smallest absolute Gasteiger partial charge is 0.220 e. The van der Waals surface area contributed by atoms with E-state index in [4.69, 9.17) is 11.6 Å². The van der Waals surface area contributed by atoms with Gasteiger partial charge in [0.05, 0.1) is 5.54 Å². The van der Waals surface area contributed by atoms with Crippen LogP contribution in [0.4, 0.5) is 0 Å². The largest absolute Gasteiger partial charge is 0.349 e. The maximum Gasteiger partial charge on any atom is 0.220 e. The fourth-order valence-corrected chi connectivity index (χ4v) is 4.89. The Morgan fingerprint density at radius 1 is 0.765 bits per heavy atom. The Morgan fingerprint density at radius 3 is 1.79 bits per heavy atom. The molecule has 0 unspecified atom stereocenters. The topological polar surface area (TPSA) is 29.1 Å². The second kappa shape index (κ2) is 21.0. The van der Waals surface area contributed by atoms with Gasteiger partial charge in [-0.3, -0.25) is 4.79 Å². The van der Waals surface area contributed by atoms with Crippen LogP contribution in [0.5, 0.6) is 0 Å². The molecule has 1 aromatic rings. The summed E-state index contributed by atoms with van der Waals surface area (Å²) in [5.74, 6) is 0.657. The molecule has 1 aromatic carbocycles. The molecule has 0 radical (unpaired) electrons. The molecule has 0 bridgehead atoms. The van der Waals surface area contributed by atoms with Crippen LogP contribution in [0.2, 0.25) is 0 Å². The molecule has 0 saturated carbocycles. The number of rotatable bonds is 22. The molecule has 0 aliphatic heterocycles. The van der Waals surface area contributed by atoms with Crippen molar-refractivity contribution in [3.05, 3.63) is 48.0 Å². The Bertz CT molecular complexity index is 615. The lowest BCUT2D eigenvalue weighted by Crippen LogP contribution is -2.49. The number of carbonyl (C=O) groups excluding carboxylic acids is 1. The zero-order chi connectivity index (χ0) is 24.7. The fourth-order valence-electron chi connectivity index (χ4n) is 4.44. The van der Waals surface area contributed by atoms with E-state index in [1.54, 1.807) is 0 Å². The molecule has 0 aliphatic carbocycles. The third kappa shape index (κ3) is 15.6. The lowest BCUT2D eigenvalue weighted by molar-refractivity contribution is -0.123. The van der Waals surface area contributed by atoms with Gasteiger partial charge in [0.25, 0.3) is 0 Å². The fraction of sp³-hybridized carbons (Fsp3) is 0.710. The van der Waals surface area contributed by atoms with Gasteiger partial charge in [0.2, 0.25) is 5.91 Å². The summed E-state index contributed by atoms with van der Waals surface area (Å²) in [7, 11) is 0. The van der Waals surface area contributed by atoms with E-state index in [0.717, 1.165) is 25.7 Å². The Balaban J connectivity index is 1.83. The lowest BCUT2D eigenvalue weighted by Gasteiger charge is -2.30. The number of carbonyl (C=O) groups is 1. The number of unbranched alkanes of at least 4 members (excludes halogenated alkanes) is 12. The summed E-state index contributed by atoms with van der Waals surface area (Å²) in [6.07, 6.45) is 26.3. The van der Waals surface area contributed by atoms with Crippen molar-refractivity contribution in [2.45, 2.75) is 135 Å². The van der Waals surface area contributed by atoms with Crippen LogP contribution in [0.25, 0.3) is 0 Å². The maximum absolute atomic E-state index is 12.2. The van der Waals surface area contributed by atoms with Crippen LogP contribution < -0.4 is 5.32 Å². The van der Waals surface area contributed by atoms with Crippen molar-refractivity contribution < 1.29 is 4.79 Å². The number of alkyl halides is 1. The average molecular weight is 490 g/mol. The van der Waals surface area contributed by atoms with Gasteiger partial charge in [-0.2, -0.15) is 0 Å². The molecule has 0 fully saturated rings. The summed E-state index contributed by atoms with van der Waals surface area (Å²) in [6, 6.07) is 10.9. The van der Waals surface area contributed by atoms with E-state index >= 15 is 0 Å². The summed E-state index contributed by atoms with van der Waals surface area (Å²) in [4.78, 5) is 12.2. The highest BCUT2D eigenvalue weighted by Gasteiger charge is 2.26. The third-order valence-corrected chi connectivity index (χ3v) is 7.65. The highest BCUT2D eigenvalue weighted by Crippen LogP contribution is 2.18. The summed E-state index contributed by atoms with van der Waals surface area (Å²) >= 11 is 6.07. The van der Waals surface area contributed by atoms with Crippen LogP contribution in [0.15, 0.2) is 42.5 Å². The summed E-state index contributed by atoms with van der Waals surface area (Å²) in [5, 5.41) is 3.16. The van der Waals surface area contributed by atoms with Crippen LogP contribution >= 0.6 is 11.6 Å². The first kappa shape index (κ1) is 30.8. The molecular weight excluding hydrogens is 438 g/mol. The molecule has 0 aromatic heterocycles. The van der Waals surface area contributed by atoms with E-state index in [0.29, 0.717) is 12.3 Å². The quantitative estimate of drug-likeness (QED) is 0.0979. The number of hydrogen-bond acceptors (Lipinski definition) is 1. The number of allylic oxidation sites excluding steroid dienone is 2. The van der Waals surface area contributed by atoms with E-state index in [1.165, 1.54) is 89.0 Å². The molecule has 194 valence electrons. The summed E-state index contributed by atoms with van der Waals surface area (Å²) < 4.78 is 0. The normalized spacial score (nSPS) is 11.9. The van der Waals surface area contributed by atoms with E-state index in [1.807, 2.05) is 0 Å². The van der Waals surface area contributed by atoms with Crippen LogP contribution in [-0.4, -0.2) is 17.3 Å². The number of nitrogens with one attached hydrogen (secondary N) is 1.